The SMILES string of the molecule is OCC(Cc1ccccc1)NCc1c(O)cccc1Cl. The maximum atomic E-state index is 9.78. The molecule has 0 aromatic heterocycles. The summed E-state index contributed by atoms with van der Waals surface area (Å²) in [6.45, 7) is 0.448. The number of hydrogen-bond acceptors (Lipinski definition) is 3. The van der Waals surface area contributed by atoms with E-state index in [1.807, 2.05) is 30.3 Å². The van der Waals surface area contributed by atoms with Gasteiger partial charge in [0.15, 0.2) is 0 Å². The van der Waals surface area contributed by atoms with Gasteiger partial charge in [-0.15, -0.1) is 0 Å². The van der Waals surface area contributed by atoms with Gasteiger partial charge in [-0.3, -0.25) is 0 Å². The largest absolute Gasteiger partial charge is 0.508 e. The van der Waals surface area contributed by atoms with Crippen molar-refractivity contribution in [1.82, 2.24) is 5.32 Å². The maximum Gasteiger partial charge on any atom is 0.121 e. The van der Waals surface area contributed by atoms with Gasteiger partial charge < -0.3 is 15.5 Å². The zero-order valence-electron chi connectivity index (χ0n) is 11.1. The third-order valence-electron chi connectivity index (χ3n) is 3.21. The standard InChI is InChI=1S/C16H18ClNO2/c17-15-7-4-8-16(20)14(15)10-18-13(11-19)9-12-5-2-1-3-6-12/h1-8,13,18-20H,9-11H2. The third-order valence-corrected chi connectivity index (χ3v) is 3.56. The van der Waals surface area contributed by atoms with Crippen LogP contribution in [0, 0.1) is 0 Å². The number of phenols is 1. The molecular weight excluding hydrogens is 274 g/mol. The molecule has 106 valence electrons. The first-order valence-electron chi connectivity index (χ1n) is 6.55. The lowest BCUT2D eigenvalue weighted by molar-refractivity contribution is 0.240. The van der Waals surface area contributed by atoms with Gasteiger partial charge >= 0.3 is 0 Å². The van der Waals surface area contributed by atoms with Gasteiger partial charge in [0.1, 0.15) is 5.75 Å². The molecule has 3 N–H and O–H groups in total. The molecule has 4 heteroatoms. The van der Waals surface area contributed by atoms with Crippen LogP contribution in [0.25, 0.3) is 0 Å². The van der Waals surface area contributed by atoms with Crippen molar-refractivity contribution in [3.63, 3.8) is 0 Å². The summed E-state index contributed by atoms with van der Waals surface area (Å²) in [6, 6.07) is 14.9. The summed E-state index contributed by atoms with van der Waals surface area (Å²) in [5.41, 5.74) is 1.81. The molecule has 0 heterocycles. The molecule has 3 nitrogen and oxygen atoms in total. The first-order chi connectivity index (χ1) is 9.70. The summed E-state index contributed by atoms with van der Waals surface area (Å²) in [4.78, 5) is 0. The van der Waals surface area contributed by atoms with E-state index in [9.17, 15) is 10.2 Å². The summed E-state index contributed by atoms with van der Waals surface area (Å²) in [5, 5.41) is 23.0. The van der Waals surface area contributed by atoms with Crippen LogP contribution in [0.5, 0.6) is 5.75 Å². The first kappa shape index (κ1) is 14.9. The molecule has 1 atom stereocenters. The van der Waals surface area contributed by atoms with Crippen molar-refractivity contribution in [2.24, 2.45) is 0 Å². The maximum absolute atomic E-state index is 9.78. The average molecular weight is 292 g/mol. The normalized spacial score (nSPS) is 12.3. The van der Waals surface area contributed by atoms with E-state index in [4.69, 9.17) is 11.6 Å². The number of rotatable bonds is 6. The van der Waals surface area contributed by atoms with E-state index in [2.05, 4.69) is 5.32 Å². The number of halogens is 1. The fraction of sp³-hybridized carbons (Fsp3) is 0.250. The van der Waals surface area contributed by atoms with Crippen LogP contribution in [0.15, 0.2) is 48.5 Å². The Morgan fingerprint density at radius 3 is 2.45 bits per heavy atom. The molecule has 0 saturated heterocycles. The van der Waals surface area contributed by atoms with Gasteiger partial charge in [0.25, 0.3) is 0 Å². The lowest BCUT2D eigenvalue weighted by Crippen LogP contribution is -2.34. The molecule has 0 saturated carbocycles. The molecule has 0 amide bonds. The molecule has 0 aliphatic carbocycles. The van der Waals surface area contributed by atoms with Crippen LogP contribution in [0.3, 0.4) is 0 Å². The molecule has 0 spiro atoms. The average Bonchev–Trinajstić information content (AvgIpc) is 2.46. The van der Waals surface area contributed by atoms with E-state index in [0.29, 0.717) is 17.1 Å². The monoisotopic (exact) mass is 291 g/mol. The Morgan fingerprint density at radius 1 is 1.05 bits per heavy atom. The number of hydrogen-bond donors (Lipinski definition) is 3. The fourth-order valence-electron chi connectivity index (χ4n) is 2.07. The Morgan fingerprint density at radius 2 is 1.80 bits per heavy atom. The molecule has 0 radical (unpaired) electrons. The highest BCUT2D eigenvalue weighted by Gasteiger charge is 2.11. The smallest absolute Gasteiger partial charge is 0.121 e. The number of aliphatic hydroxyl groups excluding tert-OH is 1. The Labute approximate surface area is 123 Å². The van der Waals surface area contributed by atoms with Gasteiger partial charge in [0.2, 0.25) is 0 Å². The summed E-state index contributed by atoms with van der Waals surface area (Å²) in [7, 11) is 0. The van der Waals surface area contributed by atoms with E-state index in [0.717, 1.165) is 12.0 Å². The van der Waals surface area contributed by atoms with E-state index in [1.54, 1.807) is 18.2 Å². The topological polar surface area (TPSA) is 52.5 Å². The molecule has 0 aliphatic rings. The van der Waals surface area contributed by atoms with Crippen molar-refractivity contribution in [3.05, 3.63) is 64.7 Å². The molecule has 0 bridgehead atoms. The van der Waals surface area contributed by atoms with Gasteiger partial charge in [-0.05, 0) is 24.1 Å². The highest BCUT2D eigenvalue weighted by atomic mass is 35.5. The van der Waals surface area contributed by atoms with Crippen molar-refractivity contribution in [1.29, 1.82) is 0 Å². The van der Waals surface area contributed by atoms with Gasteiger partial charge in [-0.2, -0.15) is 0 Å². The van der Waals surface area contributed by atoms with Crippen LogP contribution in [-0.2, 0) is 13.0 Å². The minimum atomic E-state index is -0.0759. The predicted octanol–water partition coefficient (Wildman–Crippen LogP) is 2.74. The van der Waals surface area contributed by atoms with Crippen molar-refractivity contribution in [2.45, 2.75) is 19.0 Å². The minimum absolute atomic E-state index is 0.0279. The minimum Gasteiger partial charge on any atom is -0.508 e. The van der Waals surface area contributed by atoms with Gasteiger partial charge in [0, 0.05) is 23.2 Å². The van der Waals surface area contributed by atoms with Crippen molar-refractivity contribution in [3.8, 4) is 5.75 Å². The summed E-state index contributed by atoms with van der Waals surface area (Å²) >= 11 is 6.05. The van der Waals surface area contributed by atoms with Crippen LogP contribution in [0.2, 0.25) is 5.02 Å². The molecule has 2 aromatic rings. The molecule has 2 rings (SSSR count). The predicted molar refractivity (Wildman–Crippen MR) is 81.0 cm³/mol. The third kappa shape index (κ3) is 3.97. The van der Waals surface area contributed by atoms with Crippen LogP contribution in [0.4, 0.5) is 0 Å². The first-order valence-corrected chi connectivity index (χ1v) is 6.93. The van der Waals surface area contributed by atoms with E-state index >= 15 is 0 Å². The number of benzene rings is 2. The highest BCUT2D eigenvalue weighted by molar-refractivity contribution is 6.31. The Kier molecular flexibility index (Phi) is 5.41. The molecule has 2 aromatic carbocycles. The number of aliphatic hydroxyl groups is 1. The van der Waals surface area contributed by atoms with Gasteiger partial charge in [-0.1, -0.05) is 48.0 Å². The Bertz CT molecular complexity index is 525. The second kappa shape index (κ2) is 7.29. The number of phenolic OH excluding ortho intramolecular Hbond substituents is 1. The lowest BCUT2D eigenvalue weighted by Gasteiger charge is -2.17. The van der Waals surface area contributed by atoms with Crippen LogP contribution in [0.1, 0.15) is 11.1 Å². The van der Waals surface area contributed by atoms with E-state index in [1.165, 1.54) is 0 Å². The van der Waals surface area contributed by atoms with Crippen LogP contribution in [-0.4, -0.2) is 22.9 Å². The molecular formula is C16H18ClNO2. The van der Waals surface area contributed by atoms with Crippen molar-refractivity contribution < 1.29 is 10.2 Å². The van der Waals surface area contributed by atoms with Crippen LogP contribution >= 0.6 is 11.6 Å². The summed E-state index contributed by atoms with van der Waals surface area (Å²) in [6.07, 6.45) is 0.725. The second-order valence-electron chi connectivity index (χ2n) is 4.69. The van der Waals surface area contributed by atoms with Crippen LogP contribution < -0.4 is 5.32 Å². The highest BCUT2D eigenvalue weighted by Crippen LogP contribution is 2.24. The number of aromatic hydroxyl groups is 1. The molecule has 0 aliphatic heterocycles. The zero-order valence-corrected chi connectivity index (χ0v) is 11.8. The van der Waals surface area contributed by atoms with Gasteiger partial charge in [0.05, 0.1) is 6.61 Å². The lowest BCUT2D eigenvalue weighted by atomic mass is 10.1. The Balaban J connectivity index is 1.97. The summed E-state index contributed by atoms with van der Waals surface area (Å²) < 4.78 is 0. The molecule has 1 unspecified atom stereocenters. The fourth-order valence-corrected chi connectivity index (χ4v) is 2.30. The van der Waals surface area contributed by atoms with Crippen molar-refractivity contribution >= 4 is 11.6 Å². The number of nitrogens with one attached hydrogen (secondary N) is 1. The molecule has 0 fully saturated rings. The van der Waals surface area contributed by atoms with Gasteiger partial charge in [-0.25, -0.2) is 0 Å². The Hall–Kier alpha value is -1.55. The quantitative estimate of drug-likeness (QED) is 0.767. The van der Waals surface area contributed by atoms with E-state index < -0.39 is 0 Å². The second-order valence-corrected chi connectivity index (χ2v) is 5.09. The van der Waals surface area contributed by atoms with E-state index in [-0.39, 0.29) is 18.4 Å². The molecule has 20 heavy (non-hydrogen) atoms. The van der Waals surface area contributed by atoms with Crippen molar-refractivity contribution in [2.75, 3.05) is 6.61 Å². The zero-order chi connectivity index (χ0) is 14.4. The summed E-state index contributed by atoms with van der Waals surface area (Å²) in [5.74, 6) is 0.168.